The highest BCUT2D eigenvalue weighted by Gasteiger charge is 2.35. The number of hydrogen-bond donors (Lipinski definition) is 2. The lowest BCUT2D eigenvalue weighted by Crippen LogP contribution is -2.50. The first kappa shape index (κ1) is 32.7. The zero-order valence-electron chi connectivity index (χ0n) is 25.2. The molecule has 0 aliphatic carbocycles. The predicted octanol–water partition coefficient (Wildman–Crippen LogP) is 1.90. The van der Waals surface area contributed by atoms with Crippen LogP contribution in [0.15, 0.2) is 47.4 Å². The Balaban J connectivity index is 1.55. The number of hydrogen-bond acceptors (Lipinski definition) is 9. The van der Waals surface area contributed by atoms with E-state index >= 15 is 0 Å². The van der Waals surface area contributed by atoms with Crippen LogP contribution in [-0.4, -0.2) is 118 Å². The number of morpholine rings is 1. The Hall–Kier alpha value is -3.23. The summed E-state index contributed by atoms with van der Waals surface area (Å²) in [5.74, 6) is 0.0246. The molecule has 13 heteroatoms. The third-order valence-electron chi connectivity index (χ3n) is 7.91. The van der Waals surface area contributed by atoms with Gasteiger partial charge < -0.3 is 29.5 Å². The van der Waals surface area contributed by atoms with Crippen molar-refractivity contribution in [2.75, 3.05) is 72.0 Å². The molecule has 2 amide bonds. The Bertz CT molecular complexity index is 1360. The van der Waals surface area contributed by atoms with Crippen LogP contribution in [0, 0.1) is 5.92 Å². The molecule has 0 aromatic heterocycles. The molecule has 0 spiro atoms. The van der Waals surface area contributed by atoms with Crippen molar-refractivity contribution in [3.63, 3.8) is 0 Å². The van der Waals surface area contributed by atoms with Gasteiger partial charge in [0.25, 0.3) is 5.91 Å². The summed E-state index contributed by atoms with van der Waals surface area (Å²) in [6, 6.07) is 10.5. The summed E-state index contributed by atoms with van der Waals surface area (Å²) in [5.41, 5.74) is 0.674. The number of rotatable bonds is 11. The van der Waals surface area contributed by atoms with Gasteiger partial charge in [0.05, 0.1) is 50.0 Å². The van der Waals surface area contributed by atoms with E-state index in [-0.39, 0.29) is 53.6 Å². The number of sulfonamides is 1. The lowest BCUT2D eigenvalue weighted by Gasteiger charge is -2.38. The quantitative estimate of drug-likeness (QED) is 0.387. The average Bonchev–Trinajstić information content (AvgIpc) is 3.02. The standard InChI is InChI=1S/C30H42N4O8S/c1-21-18-34(22(2)20-35)30(37)26-17-23(31-29(36)11-12-33-13-15-41-16-14-33)5-10-27(26)42-28(21)19-32(3)43(38,39)25-8-6-24(40-4)7-9-25/h5-10,17,21-22,28,35H,11-16,18-20H2,1-4H3,(H,31,36)/t21-,22-,28-/m1/s1. The van der Waals surface area contributed by atoms with E-state index in [1.165, 1.54) is 30.6 Å². The van der Waals surface area contributed by atoms with Crippen molar-refractivity contribution in [3.05, 3.63) is 48.0 Å². The number of methoxy groups -OCH3 is 1. The van der Waals surface area contributed by atoms with Crippen LogP contribution in [0.2, 0.25) is 0 Å². The van der Waals surface area contributed by atoms with Crippen molar-refractivity contribution in [1.82, 2.24) is 14.1 Å². The van der Waals surface area contributed by atoms with E-state index < -0.39 is 22.2 Å². The Kier molecular flexibility index (Phi) is 11.0. The molecule has 2 aliphatic heterocycles. The smallest absolute Gasteiger partial charge is 0.258 e. The lowest BCUT2D eigenvalue weighted by atomic mass is 9.99. The topological polar surface area (TPSA) is 138 Å². The second kappa shape index (κ2) is 14.5. The maximum atomic E-state index is 13.7. The molecule has 0 bridgehead atoms. The Morgan fingerprint density at radius 1 is 1.19 bits per heavy atom. The van der Waals surface area contributed by atoms with E-state index in [1.54, 1.807) is 42.2 Å². The van der Waals surface area contributed by atoms with Crippen LogP contribution < -0.4 is 14.8 Å². The highest BCUT2D eigenvalue weighted by atomic mass is 32.2. The van der Waals surface area contributed by atoms with Crippen molar-refractivity contribution in [1.29, 1.82) is 0 Å². The van der Waals surface area contributed by atoms with Crippen LogP contribution in [0.5, 0.6) is 11.5 Å². The molecule has 0 saturated carbocycles. The van der Waals surface area contributed by atoms with Gasteiger partial charge in [-0.2, -0.15) is 4.31 Å². The number of carbonyl (C=O) groups excluding carboxylic acids is 2. The fourth-order valence-electron chi connectivity index (χ4n) is 5.11. The molecule has 2 heterocycles. The molecule has 3 atom stereocenters. The predicted molar refractivity (Wildman–Crippen MR) is 161 cm³/mol. The first-order chi connectivity index (χ1) is 20.5. The fraction of sp³-hybridized carbons (Fsp3) is 0.533. The second-order valence-corrected chi connectivity index (χ2v) is 13.1. The largest absolute Gasteiger partial charge is 0.497 e. The maximum absolute atomic E-state index is 13.7. The van der Waals surface area contributed by atoms with Crippen LogP contribution in [0.3, 0.4) is 0 Å². The molecule has 0 unspecified atom stereocenters. The zero-order chi connectivity index (χ0) is 31.1. The summed E-state index contributed by atoms with van der Waals surface area (Å²) >= 11 is 0. The van der Waals surface area contributed by atoms with E-state index in [2.05, 4.69) is 10.2 Å². The molecule has 0 radical (unpaired) electrons. The van der Waals surface area contributed by atoms with E-state index in [9.17, 15) is 23.1 Å². The molecule has 236 valence electrons. The van der Waals surface area contributed by atoms with Crippen LogP contribution in [0.1, 0.15) is 30.6 Å². The molecule has 43 heavy (non-hydrogen) atoms. The van der Waals surface area contributed by atoms with Gasteiger partial charge in [-0.05, 0) is 49.4 Å². The molecule has 1 saturated heterocycles. The summed E-state index contributed by atoms with van der Waals surface area (Å²) in [4.78, 5) is 30.3. The highest BCUT2D eigenvalue weighted by molar-refractivity contribution is 7.89. The van der Waals surface area contributed by atoms with Crippen molar-refractivity contribution < 1.29 is 37.3 Å². The monoisotopic (exact) mass is 618 g/mol. The molecular weight excluding hydrogens is 576 g/mol. The molecule has 2 aromatic rings. The summed E-state index contributed by atoms with van der Waals surface area (Å²) < 4.78 is 44.8. The molecule has 2 aromatic carbocycles. The number of ether oxygens (including phenoxy) is 3. The Labute approximate surface area is 253 Å². The van der Waals surface area contributed by atoms with Crippen LogP contribution >= 0.6 is 0 Å². The number of amides is 2. The van der Waals surface area contributed by atoms with Gasteiger partial charge >= 0.3 is 0 Å². The number of aliphatic hydroxyl groups is 1. The number of nitrogens with zero attached hydrogens (tertiary/aromatic N) is 3. The Morgan fingerprint density at radius 2 is 1.88 bits per heavy atom. The number of fused-ring (bicyclic) bond motifs is 1. The first-order valence-corrected chi connectivity index (χ1v) is 15.9. The molecule has 4 rings (SSSR count). The van der Waals surface area contributed by atoms with Gasteiger partial charge in [-0.1, -0.05) is 6.92 Å². The van der Waals surface area contributed by atoms with Crippen LogP contribution in [-0.2, 0) is 19.6 Å². The number of anilines is 1. The van der Waals surface area contributed by atoms with Gasteiger partial charge in [-0.25, -0.2) is 8.42 Å². The van der Waals surface area contributed by atoms with Crippen LogP contribution in [0.25, 0.3) is 0 Å². The average molecular weight is 619 g/mol. The summed E-state index contributed by atoms with van der Waals surface area (Å²) in [6.45, 7) is 7.12. The molecule has 2 N–H and O–H groups in total. The zero-order valence-corrected chi connectivity index (χ0v) is 26.0. The third-order valence-corrected chi connectivity index (χ3v) is 9.75. The van der Waals surface area contributed by atoms with Crippen molar-refractivity contribution in [3.8, 4) is 11.5 Å². The van der Waals surface area contributed by atoms with E-state index in [0.717, 1.165) is 13.1 Å². The highest BCUT2D eigenvalue weighted by Crippen LogP contribution is 2.31. The van der Waals surface area contributed by atoms with Gasteiger partial charge in [0, 0.05) is 51.3 Å². The fourth-order valence-corrected chi connectivity index (χ4v) is 6.29. The van der Waals surface area contributed by atoms with Gasteiger partial charge in [-0.3, -0.25) is 14.5 Å². The number of aliphatic hydroxyl groups excluding tert-OH is 1. The number of likely N-dealkylation sites (N-methyl/N-ethyl adjacent to an activating group) is 1. The number of carbonyl (C=O) groups is 2. The van der Waals surface area contributed by atoms with E-state index in [1.807, 2.05) is 6.92 Å². The van der Waals surface area contributed by atoms with E-state index in [0.29, 0.717) is 37.6 Å². The minimum Gasteiger partial charge on any atom is -0.497 e. The molecule has 2 aliphatic rings. The molecular formula is C30H42N4O8S. The molecule has 1 fully saturated rings. The van der Waals surface area contributed by atoms with Gasteiger partial charge in [0.1, 0.15) is 17.6 Å². The van der Waals surface area contributed by atoms with Gasteiger partial charge in [0.15, 0.2) is 0 Å². The van der Waals surface area contributed by atoms with E-state index in [4.69, 9.17) is 14.2 Å². The Morgan fingerprint density at radius 3 is 2.53 bits per heavy atom. The minimum absolute atomic E-state index is 0.0184. The van der Waals surface area contributed by atoms with Crippen molar-refractivity contribution in [2.45, 2.75) is 37.3 Å². The SMILES string of the molecule is COc1ccc(S(=O)(=O)N(C)C[C@H]2Oc3ccc(NC(=O)CCN4CCOCC4)cc3C(=O)N([C@H](C)CO)C[C@H]2C)cc1. The molecule has 12 nitrogen and oxygen atoms in total. The second-order valence-electron chi connectivity index (χ2n) is 11.0. The van der Waals surface area contributed by atoms with Crippen LogP contribution in [0.4, 0.5) is 5.69 Å². The normalized spacial score (nSPS) is 20.5. The summed E-state index contributed by atoms with van der Waals surface area (Å²) in [5, 5.41) is 12.8. The van der Waals surface area contributed by atoms with Gasteiger partial charge in [0.2, 0.25) is 15.9 Å². The van der Waals surface area contributed by atoms with Gasteiger partial charge in [-0.15, -0.1) is 0 Å². The number of nitrogens with one attached hydrogen (secondary N) is 1. The number of benzene rings is 2. The van der Waals surface area contributed by atoms with Crippen molar-refractivity contribution in [2.24, 2.45) is 5.92 Å². The summed E-state index contributed by atoms with van der Waals surface area (Å²) in [7, 11) is -0.845. The maximum Gasteiger partial charge on any atom is 0.258 e. The van der Waals surface area contributed by atoms with Crippen molar-refractivity contribution >= 4 is 27.5 Å². The third kappa shape index (κ3) is 8.03. The summed E-state index contributed by atoms with van der Waals surface area (Å²) in [6.07, 6.45) is -0.323. The first-order valence-electron chi connectivity index (χ1n) is 14.5. The lowest BCUT2D eigenvalue weighted by molar-refractivity contribution is -0.116. The minimum atomic E-state index is -3.85.